The number of pyridine rings is 1. The number of halogens is 2. The first-order chi connectivity index (χ1) is 16.8. The van der Waals surface area contributed by atoms with Crippen LogP contribution in [0.25, 0.3) is 16.9 Å². The molecule has 186 valence electrons. The average Bonchev–Trinajstić information content (AvgIpc) is 3.15. The van der Waals surface area contributed by atoms with Gasteiger partial charge in [-0.2, -0.15) is 0 Å². The van der Waals surface area contributed by atoms with E-state index in [1.807, 2.05) is 19.1 Å². The van der Waals surface area contributed by atoms with E-state index in [1.165, 1.54) is 12.0 Å². The van der Waals surface area contributed by atoms with Crippen LogP contribution in [0.5, 0.6) is 0 Å². The second kappa shape index (κ2) is 10.4. The van der Waals surface area contributed by atoms with Crippen LogP contribution in [0.15, 0.2) is 30.5 Å². The molecule has 8 nitrogen and oxygen atoms in total. The van der Waals surface area contributed by atoms with Crippen molar-refractivity contribution in [1.82, 2.24) is 14.3 Å². The van der Waals surface area contributed by atoms with E-state index in [1.54, 1.807) is 17.5 Å². The number of amides is 1. The van der Waals surface area contributed by atoms with Gasteiger partial charge >= 0.3 is 12.1 Å². The summed E-state index contributed by atoms with van der Waals surface area (Å²) < 4.78 is 47.9. The molecule has 35 heavy (non-hydrogen) atoms. The summed E-state index contributed by atoms with van der Waals surface area (Å²) in [5.41, 5.74) is 2.06. The standard InChI is InChI=1S/C25H27F2N3O5/c1-4-34-22(31)12-16-10-18(26)23(19(27)11-16)24-20(30-6-5-15(2)9-21(30)28-24)13-17-14-29(7-8-35-17)25(32)33-3/h5-6,9-11,17H,4,7-8,12-14H2,1-3H3. The van der Waals surface area contributed by atoms with Gasteiger partial charge < -0.3 is 23.5 Å². The van der Waals surface area contributed by atoms with E-state index in [4.69, 9.17) is 14.2 Å². The van der Waals surface area contributed by atoms with Crippen LogP contribution in [0, 0.1) is 18.6 Å². The van der Waals surface area contributed by atoms with Crippen LogP contribution >= 0.6 is 0 Å². The van der Waals surface area contributed by atoms with Crippen molar-refractivity contribution in [2.24, 2.45) is 0 Å². The molecule has 1 aromatic carbocycles. The molecule has 1 aliphatic heterocycles. The summed E-state index contributed by atoms with van der Waals surface area (Å²) in [5.74, 6) is -2.22. The number of fused-ring (bicyclic) bond motifs is 1. The second-order valence-electron chi connectivity index (χ2n) is 8.37. The Balaban J connectivity index is 1.73. The molecule has 1 fully saturated rings. The van der Waals surface area contributed by atoms with Gasteiger partial charge in [-0.3, -0.25) is 4.79 Å². The molecule has 0 radical (unpaired) electrons. The predicted molar refractivity (Wildman–Crippen MR) is 123 cm³/mol. The number of nitrogens with zero attached hydrogens (tertiary/aromatic N) is 3. The fraction of sp³-hybridized carbons (Fsp3) is 0.400. The van der Waals surface area contributed by atoms with E-state index < -0.39 is 29.8 Å². The number of benzene rings is 1. The number of hydrogen-bond donors (Lipinski definition) is 0. The van der Waals surface area contributed by atoms with E-state index in [9.17, 15) is 9.59 Å². The summed E-state index contributed by atoms with van der Waals surface area (Å²) in [7, 11) is 1.31. The van der Waals surface area contributed by atoms with E-state index in [0.717, 1.165) is 17.7 Å². The predicted octanol–water partition coefficient (Wildman–Crippen LogP) is 3.70. The van der Waals surface area contributed by atoms with E-state index in [2.05, 4.69) is 4.98 Å². The molecule has 1 aliphatic rings. The van der Waals surface area contributed by atoms with Crippen molar-refractivity contribution >= 4 is 17.7 Å². The van der Waals surface area contributed by atoms with Crippen molar-refractivity contribution < 1.29 is 32.6 Å². The Bertz CT molecular complexity index is 1240. The van der Waals surface area contributed by atoms with Gasteiger partial charge in [0.25, 0.3) is 0 Å². The van der Waals surface area contributed by atoms with Gasteiger partial charge in [0.05, 0.1) is 56.3 Å². The van der Waals surface area contributed by atoms with Crippen LogP contribution in [0.3, 0.4) is 0 Å². The maximum absolute atomic E-state index is 15.3. The quantitative estimate of drug-likeness (QED) is 0.493. The molecule has 1 saturated heterocycles. The molecule has 4 rings (SSSR count). The van der Waals surface area contributed by atoms with Crippen LogP contribution in [-0.2, 0) is 31.8 Å². The number of aryl methyl sites for hydroxylation is 1. The highest BCUT2D eigenvalue weighted by molar-refractivity contribution is 5.74. The zero-order chi connectivity index (χ0) is 25.1. The van der Waals surface area contributed by atoms with Crippen molar-refractivity contribution in [3.8, 4) is 11.3 Å². The molecular weight excluding hydrogens is 460 g/mol. The van der Waals surface area contributed by atoms with Gasteiger partial charge in [0.1, 0.15) is 17.3 Å². The third kappa shape index (κ3) is 5.27. The van der Waals surface area contributed by atoms with Crippen molar-refractivity contribution in [3.05, 3.63) is 58.9 Å². The molecule has 3 aromatic rings. The molecule has 1 unspecified atom stereocenters. The first-order valence-corrected chi connectivity index (χ1v) is 11.4. The van der Waals surface area contributed by atoms with Crippen LogP contribution < -0.4 is 0 Å². The first-order valence-electron chi connectivity index (χ1n) is 11.4. The van der Waals surface area contributed by atoms with Gasteiger partial charge in [0, 0.05) is 19.2 Å². The minimum atomic E-state index is -0.827. The highest BCUT2D eigenvalue weighted by Crippen LogP contribution is 2.32. The number of carbonyl (C=O) groups excluding carboxylic acids is 2. The fourth-order valence-electron chi connectivity index (χ4n) is 4.28. The Morgan fingerprint density at radius 1 is 1.23 bits per heavy atom. The van der Waals surface area contributed by atoms with Crippen molar-refractivity contribution in [2.45, 2.75) is 32.8 Å². The molecule has 1 atom stereocenters. The number of methoxy groups -OCH3 is 1. The third-order valence-electron chi connectivity index (χ3n) is 5.87. The largest absolute Gasteiger partial charge is 0.466 e. The average molecular weight is 488 g/mol. The summed E-state index contributed by atoms with van der Waals surface area (Å²) in [6.45, 7) is 4.73. The Kier molecular flexibility index (Phi) is 7.30. The number of esters is 1. The van der Waals surface area contributed by atoms with E-state index in [-0.39, 0.29) is 42.8 Å². The summed E-state index contributed by atoms with van der Waals surface area (Å²) in [4.78, 5) is 29.9. The zero-order valence-electron chi connectivity index (χ0n) is 19.8. The lowest BCUT2D eigenvalue weighted by molar-refractivity contribution is -0.142. The highest BCUT2D eigenvalue weighted by atomic mass is 19.1. The van der Waals surface area contributed by atoms with Crippen molar-refractivity contribution in [3.63, 3.8) is 0 Å². The highest BCUT2D eigenvalue weighted by Gasteiger charge is 2.29. The van der Waals surface area contributed by atoms with Gasteiger partial charge in [-0.1, -0.05) is 0 Å². The van der Waals surface area contributed by atoms with Gasteiger partial charge in [0.15, 0.2) is 0 Å². The van der Waals surface area contributed by atoms with E-state index >= 15 is 8.78 Å². The number of imidazole rings is 1. The number of hydrogen-bond acceptors (Lipinski definition) is 6. The fourth-order valence-corrected chi connectivity index (χ4v) is 4.28. The molecule has 0 aliphatic carbocycles. The van der Waals surface area contributed by atoms with E-state index in [0.29, 0.717) is 24.5 Å². The topological polar surface area (TPSA) is 82.4 Å². The lowest BCUT2D eigenvalue weighted by Gasteiger charge is -2.32. The molecule has 0 bridgehead atoms. The Labute approximate surface area is 201 Å². The SMILES string of the molecule is CCOC(=O)Cc1cc(F)c(-c2nc3cc(C)ccn3c2CC2CN(C(=O)OC)CCO2)c(F)c1. The lowest BCUT2D eigenvalue weighted by atomic mass is 10.0. The molecule has 3 heterocycles. The molecular formula is C25H27F2N3O5. The zero-order valence-corrected chi connectivity index (χ0v) is 19.8. The van der Waals surface area contributed by atoms with Crippen molar-refractivity contribution in [1.29, 1.82) is 0 Å². The Morgan fingerprint density at radius 3 is 2.66 bits per heavy atom. The monoisotopic (exact) mass is 487 g/mol. The number of rotatable bonds is 6. The van der Waals surface area contributed by atoms with Gasteiger partial charge in [0.2, 0.25) is 0 Å². The van der Waals surface area contributed by atoms with Crippen LogP contribution in [0.2, 0.25) is 0 Å². The normalized spacial score (nSPS) is 15.9. The van der Waals surface area contributed by atoms with Crippen LogP contribution in [0.1, 0.15) is 23.7 Å². The molecule has 0 N–H and O–H groups in total. The number of aromatic nitrogens is 2. The second-order valence-corrected chi connectivity index (χ2v) is 8.37. The van der Waals surface area contributed by atoms with Crippen LogP contribution in [-0.4, -0.2) is 65.9 Å². The summed E-state index contributed by atoms with van der Waals surface area (Å²) >= 11 is 0. The smallest absolute Gasteiger partial charge is 0.409 e. The van der Waals surface area contributed by atoms with Gasteiger partial charge in [-0.05, 0) is 49.2 Å². The Morgan fingerprint density at radius 2 is 1.97 bits per heavy atom. The third-order valence-corrected chi connectivity index (χ3v) is 5.87. The summed E-state index contributed by atoms with van der Waals surface area (Å²) in [6, 6.07) is 5.95. The summed E-state index contributed by atoms with van der Waals surface area (Å²) in [5, 5.41) is 0. The van der Waals surface area contributed by atoms with Gasteiger partial charge in [-0.15, -0.1) is 0 Å². The maximum atomic E-state index is 15.3. The molecule has 0 saturated carbocycles. The minimum absolute atomic E-state index is 0.145. The maximum Gasteiger partial charge on any atom is 0.409 e. The molecule has 2 aromatic heterocycles. The molecule has 1 amide bonds. The summed E-state index contributed by atoms with van der Waals surface area (Å²) in [6.07, 6.45) is 0.940. The number of ether oxygens (including phenoxy) is 3. The number of carbonyl (C=O) groups is 2. The molecule has 0 spiro atoms. The van der Waals surface area contributed by atoms with Crippen LogP contribution in [0.4, 0.5) is 13.6 Å². The lowest BCUT2D eigenvalue weighted by Crippen LogP contribution is -2.46. The number of morpholine rings is 1. The molecule has 10 heteroatoms. The van der Waals surface area contributed by atoms with Gasteiger partial charge in [-0.25, -0.2) is 18.6 Å². The first kappa shape index (κ1) is 24.6. The van der Waals surface area contributed by atoms with Crippen molar-refractivity contribution in [2.75, 3.05) is 33.4 Å². The Hall–Kier alpha value is -3.53. The minimum Gasteiger partial charge on any atom is -0.466 e.